The number of nitro benzene ring substituents is 1. The Morgan fingerprint density at radius 2 is 2.19 bits per heavy atom. The maximum absolute atomic E-state index is 10.8. The van der Waals surface area contributed by atoms with Gasteiger partial charge in [-0.25, -0.2) is 0 Å². The predicted octanol–water partition coefficient (Wildman–Crippen LogP) is 3.07. The Balaban J connectivity index is 3.21. The van der Waals surface area contributed by atoms with Crippen molar-refractivity contribution >= 4 is 23.0 Å². The highest BCUT2D eigenvalue weighted by Gasteiger charge is 2.22. The molecule has 1 rings (SSSR count). The molecule has 16 heavy (non-hydrogen) atoms. The fourth-order valence-corrected chi connectivity index (χ4v) is 1.42. The van der Waals surface area contributed by atoms with Crippen LogP contribution in [0, 0.1) is 22.5 Å². The normalized spacial score (nSPS) is 10.6. The van der Waals surface area contributed by atoms with Crippen LogP contribution in [0.2, 0.25) is 5.02 Å². The smallest absolute Gasteiger partial charge is 0.310 e. The second kappa shape index (κ2) is 4.42. The van der Waals surface area contributed by atoms with Crippen LogP contribution in [0.4, 0.5) is 11.4 Å². The second-order valence-corrected chi connectivity index (χ2v) is 4.19. The molecule has 0 bridgehead atoms. The van der Waals surface area contributed by atoms with Crippen LogP contribution < -0.4 is 5.32 Å². The lowest BCUT2D eigenvalue weighted by Gasteiger charge is -2.20. The zero-order valence-corrected chi connectivity index (χ0v) is 9.71. The highest BCUT2D eigenvalue weighted by atomic mass is 35.5. The SMILES string of the molecule is C#CC(C)(C)Nc1cccc(Cl)c1[N+](=O)[O-]. The average molecular weight is 239 g/mol. The molecule has 0 spiro atoms. The number of terminal acetylenes is 1. The fraction of sp³-hybridized carbons (Fsp3) is 0.273. The van der Waals surface area contributed by atoms with Crippen molar-refractivity contribution < 1.29 is 4.92 Å². The molecule has 0 aliphatic carbocycles. The number of hydrogen-bond donors (Lipinski definition) is 1. The molecule has 0 aliphatic rings. The van der Waals surface area contributed by atoms with E-state index in [-0.39, 0.29) is 10.7 Å². The van der Waals surface area contributed by atoms with Gasteiger partial charge in [-0.2, -0.15) is 0 Å². The largest absolute Gasteiger partial charge is 0.364 e. The summed E-state index contributed by atoms with van der Waals surface area (Å²) in [6.07, 6.45) is 5.30. The van der Waals surface area contributed by atoms with Gasteiger partial charge in [0.25, 0.3) is 0 Å². The molecule has 1 N–H and O–H groups in total. The first-order chi connectivity index (χ1) is 7.37. The maximum atomic E-state index is 10.8. The first-order valence-corrected chi connectivity index (χ1v) is 4.94. The third kappa shape index (κ3) is 2.65. The van der Waals surface area contributed by atoms with Crippen molar-refractivity contribution in [2.24, 2.45) is 0 Å². The van der Waals surface area contributed by atoms with E-state index in [0.29, 0.717) is 5.69 Å². The van der Waals surface area contributed by atoms with Gasteiger partial charge < -0.3 is 5.32 Å². The second-order valence-electron chi connectivity index (χ2n) is 3.79. The monoisotopic (exact) mass is 238 g/mol. The molecule has 5 heteroatoms. The molecule has 0 aromatic heterocycles. The van der Waals surface area contributed by atoms with Crippen LogP contribution in [-0.4, -0.2) is 10.5 Å². The Morgan fingerprint density at radius 1 is 1.56 bits per heavy atom. The molecule has 0 unspecified atom stereocenters. The molecule has 0 heterocycles. The van der Waals surface area contributed by atoms with Crippen molar-refractivity contribution in [3.8, 4) is 12.3 Å². The average Bonchev–Trinajstić information content (AvgIpc) is 2.16. The number of nitrogens with zero attached hydrogens (tertiary/aromatic N) is 1. The van der Waals surface area contributed by atoms with Crippen LogP contribution in [-0.2, 0) is 0 Å². The van der Waals surface area contributed by atoms with Crippen LogP contribution in [0.1, 0.15) is 13.8 Å². The van der Waals surface area contributed by atoms with Crippen molar-refractivity contribution in [3.63, 3.8) is 0 Å². The summed E-state index contributed by atoms with van der Waals surface area (Å²) in [5, 5.41) is 13.8. The molecule has 1 aromatic rings. The minimum Gasteiger partial charge on any atom is -0.364 e. The molecule has 0 fully saturated rings. The van der Waals surface area contributed by atoms with Gasteiger partial charge in [0.1, 0.15) is 10.7 Å². The summed E-state index contributed by atoms with van der Waals surface area (Å²) < 4.78 is 0. The lowest BCUT2D eigenvalue weighted by molar-refractivity contribution is -0.383. The lowest BCUT2D eigenvalue weighted by atomic mass is 10.1. The number of para-hydroxylation sites is 1. The third-order valence-corrected chi connectivity index (χ3v) is 2.28. The molecule has 0 saturated heterocycles. The van der Waals surface area contributed by atoms with Gasteiger partial charge in [0.05, 0.1) is 10.5 Å². The Bertz CT molecular complexity index is 464. The highest BCUT2D eigenvalue weighted by molar-refractivity contribution is 6.33. The maximum Gasteiger partial charge on any atom is 0.310 e. The molecular weight excluding hydrogens is 228 g/mol. The van der Waals surface area contributed by atoms with E-state index in [4.69, 9.17) is 18.0 Å². The Hall–Kier alpha value is -1.73. The van der Waals surface area contributed by atoms with E-state index in [2.05, 4.69) is 11.2 Å². The van der Waals surface area contributed by atoms with Crippen LogP contribution >= 0.6 is 11.6 Å². The number of nitro groups is 1. The third-order valence-electron chi connectivity index (χ3n) is 1.98. The minimum atomic E-state index is -0.671. The summed E-state index contributed by atoms with van der Waals surface area (Å²) in [5.74, 6) is 2.50. The summed E-state index contributed by atoms with van der Waals surface area (Å²) in [5.41, 5.74) is -0.511. The summed E-state index contributed by atoms with van der Waals surface area (Å²) in [6, 6.07) is 4.67. The number of anilines is 1. The molecule has 0 atom stereocenters. The quantitative estimate of drug-likeness (QED) is 0.500. The van der Waals surface area contributed by atoms with Gasteiger partial charge in [-0.05, 0) is 26.0 Å². The van der Waals surface area contributed by atoms with Gasteiger partial charge in [0.2, 0.25) is 0 Å². The van der Waals surface area contributed by atoms with Gasteiger partial charge in [-0.15, -0.1) is 6.42 Å². The van der Waals surface area contributed by atoms with Crippen LogP contribution in [0.5, 0.6) is 0 Å². The number of halogens is 1. The van der Waals surface area contributed by atoms with E-state index in [1.807, 2.05) is 0 Å². The highest BCUT2D eigenvalue weighted by Crippen LogP contribution is 2.33. The zero-order chi connectivity index (χ0) is 12.3. The predicted molar refractivity (Wildman–Crippen MR) is 64.6 cm³/mol. The zero-order valence-electron chi connectivity index (χ0n) is 8.95. The standard InChI is InChI=1S/C11H11ClN2O2/c1-4-11(2,3)13-9-7-5-6-8(12)10(9)14(15)16/h1,5-7,13H,2-3H3. The first kappa shape index (κ1) is 12.3. The summed E-state index contributed by atoms with van der Waals surface area (Å²) >= 11 is 5.76. The number of nitrogens with one attached hydrogen (secondary N) is 1. The van der Waals surface area contributed by atoms with Crippen molar-refractivity contribution in [2.45, 2.75) is 19.4 Å². The van der Waals surface area contributed by atoms with Crippen molar-refractivity contribution in [2.75, 3.05) is 5.32 Å². The first-order valence-electron chi connectivity index (χ1n) is 4.56. The minimum absolute atomic E-state index is 0.0859. The van der Waals surface area contributed by atoms with E-state index in [0.717, 1.165) is 0 Å². The molecule has 4 nitrogen and oxygen atoms in total. The van der Waals surface area contributed by atoms with Crippen molar-refractivity contribution in [1.82, 2.24) is 0 Å². The molecule has 84 valence electrons. The van der Waals surface area contributed by atoms with E-state index < -0.39 is 10.5 Å². The summed E-state index contributed by atoms with van der Waals surface area (Å²) in [4.78, 5) is 10.3. The van der Waals surface area contributed by atoms with Crippen molar-refractivity contribution in [3.05, 3.63) is 33.3 Å². The number of rotatable bonds is 3. The van der Waals surface area contributed by atoms with Gasteiger partial charge in [-0.3, -0.25) is 10.1 Å². The van der Waals surface area contributed by atoms with E-state index >= 15 is 0 Å². The lowest BCUT2D eigenvalue weighted by Crippen LogP contribution is -2.28. The fourth-order valence-electron chi connectivity index (χ4n) is 1.17. The Morgan fingerprint density at radius 3 is 2.69 bits per heavy atom. The van der Waals surface area contributed by atoms with Gasteiger partial charge >= 0.3 is 5.69 Å². The van der Waals surface area contributed by atoms with Crippen molar-refractivity contribution in [1.29, 1.82) is 0 Å². The van der Waals surface area contributed by atoms with Crippen LogP contribution in [0.25, 0.3) is 0 Å². The summed E-state index contributed by atoms with van der Waals surface area (Å²) in [6.45, 7) is 3.50. The van der Waals surface area contributed by atoms with Crippen LogP contribution in [0.15, 0.2) is 18.2 Å². The van der Waals surface area contributed by atoms with Crippen LogP contribution in [0.3, 0.4) is 0 Å². The van der Waals surface area contributed by atoms with Gasteiger partial charge in [0.15, 0.2) is 0 Å². The molecule has 0 radical (unpaired) electrons. The van der Waals surface area contributed by atoms with E-state index in [1.165, 1.54) is 6.07 Å². The van der Waals surface area contributed by atoms with Gasteiger partial charge in [0, 0.05) is 0 Å². The Labute approximate surface area is 98.8 Å². The summed E-state index contributed by atoms with van der Waals surface area (Å²) in [7, 11) is 0. The molecule has 1 aromatic carbocycles. The van der Waals surface area contributed by atoms with E-state index in [9.17, 15) is 10.1 Å². The Kier molecular flexibility index (Phi) is 3.41. The number of benzene rings is 1. The number of hydrogen-bond acceptors (Lipinski definition) is 3. The van der Waals surface area contributed by atoms with Gasteiger partial charge in [-0.1, -0.05) is 23.6 Å². The van der Waals surface area contributed by atoms with E-state index in [1.54, 1.807) is 26.0 Å². The molecule has 0 saturated carbocycles. The topological polar surface area (TPSA) is 55.2 Å². The molecule has 0 aliphatic heterocycles. The molecule has 0 amide bonds. The molecular formula is C11H11ClN2O2.